The van der Waals surface area contributed by atoms with Crippen molar-refractivity contribution in [3.63, 3.8) is 0 Å². The molecule has 3 heteroatoms. The van der Waals surface area contributed by atoms with Crippen molar-refractivity contribution in [2.24, 2.45) is 0 Å². The highest BCUT2D eigenvalue weighted by atomic mass is 15.4. The summed E-state index contributed by atoms with van der Waals surface area (Å²) in [6.07, 6.45) is 6.39. The molecule has 136 valence electrons. The maximum atomic E-state index is 9.03. The zero-order chi connectivity index (χ0) is 18.7. The Morgan fingerprint density at radius 2 is 1.88 bits per heavy atom. The zero-order valence-corrected chi connectivity index (χ0v) is 16.3. The van der Waals surface area contributed by atoms with Gasteiger partial charge in [-0.1, -0.05) is 43.3 Å². The average molecular weight is 348 g/mol. The van der Waals surface area contributed by atoms with Crippen molar-refractivity contribution in [2.45, 2.75) is 46.6 Å². The average Bonchev–Trinajstić information content (AvgIpc) is 3.12. The van der Waals surface area contributed by atoms with Crippen LogP contribution in [0.2, 0.25) is 0 Å². The first-order chi connectivity index (χ1) is 12.6. The van der Waals surface area contributed by atoms with Crippen LogP contribution in [0.4, 0.5) is 11.4 Å². The Hall–Kier alpha value is -2.55. The molecule has 0 saturated carbocycles. The van der Waals surface area contributed by atoms with Crippen LogP contribution in [0.15, 0.2) is 48.5 Å². The van der Waals surface area contributed by atoms with Gasteiger partial charge >= 0.3 is 0 Å². The Morgan fingerprint density at radius 3 is 2.58 bits per heavy atom. The molecule has 0 bridgehead atoms. The predicted octanol–water partition coefficient (Wildman–Crippen LogP) is 5.49. The van der Waals surface area contributed by atoms with Crippen molar-refractivity contribution in [1.29, 1.82) is 5.41 Å². The van der Waals surface area contributed by atoms with Crippen molar-refractivity contribution < 1.29 is 0 Å². The molecule has 3 nitrogen and oxygen atoms in total. The summed E-state index contributed by atoms with van der Waals surface area (Å²) in [7, 11) is 0. The van der Waals surface area contributed by atoms with E-state index in [9.17, 15) is 0 Å². The molecule has 2 aromatic rings. The Morgan fingerprint density at radius 1 is 1.12 bits per heavy atom. The van der Waals surface area contributed by atoms with E-state index >= 15 is 0 Å². The molecule has 2 aromatic carbocycles. The van der Waals surface area contributed by atoms with Gasteiger partial charge in [-0.25, -0.2) is 0 Å². The minimum Gasteiger partial charge on any atom is -0.313 e. The topological polar surface area (TPSA) is 30.3 Å². The van der Waals surface area contributed by atoms with Crippen LogP contribution in [0.25, 0.3) is 6.08 Å². The van der Waals surface area contributed by atoms with Gasteiger partial charge in [0.2, 0.25) is 5.96 Å². The number of benzene rings is 2. The second-order valence-corrected chi connectivity index (χ2v) is 7.01. The third-order valence-corrected chi connectivity index (χ3v) is 5.00. The molecule has 0 aromatic heterocycles. The third-order valence-electron chi connectivity index (χ3n) is 5.00. The van der Waals surface area contributed by atoms with Gasteiger partial charge in [0.15, 0.2) is 0 Å². The number of allylic oxidation sites excluding steroid dienone is 1. The third kappa shape index (κ3) is 3.39. The van der Waals surface area contributed by atoms with Crippen molar-refractivity contribution >= 4 is 23.4 Å². The molecular formula is C23H29N3. The fourth-order valence-electron chi connectivity index (χ4n) is 3.65. The van der Waals surface area contributed by atoms with Crippen molar-refractivity contribution in [2.75, 3.05) is 16.3 Å². The van der Waals surface area contributed by atoms with E-state index < -0.39 is 0 Å². The molecule has 1 aliphatic carbocycles. The first-order valence-electron chi connectivity index (χ1n) is 9.59. The summed E-state index contributed by atoms with van der Waals surface area (Å²) in [6.45, 7) is 9.35. The maximum Gasteiger partial charge on any atom is 0.203 e. The first-order valence-corrected chi connectivity index (χ1v) is 9.59. The number of hydrogen-bond acceptors (Lipinski definition) is 1. The Labute approximate surface area is 157 Å². The molecule has 0 spiro atoms. The molecule has 0 saturated heterocycles. The molecule has 1 aliphatic rings. The van der Waals surface area contributed by atoms with E-state index in [2.05, 4.69) is 92.1 Å². The van der Waals surface area contributed by atoms with E-state index in [1.165, 1.54) is 16.7 Å². The lowest BCUT2D eigenvalue weighted by Gasteiger charge is -2.36. The molecule has 0 atom stereocenters. The SMILES string of the molecule is CCc1cccc(N(CC)C(=N)N(c2cccc3c2C=CC3)C(C)C)c1. The van der Waals surface area contributed by atoms with Crippen LogP contribution in [0, 0.1) is 5.41 Å². The van der Waals surface area contributed by atoms with E-state index in [0.29, 0.717) is 5.96 Å². The number of hydrogen-bond donors (Lipinski definition) is 1. The van der Waals surface area contributed by atoms with Crippen LogP contribution in [0.3, 0.4) is 0 Å². The molecule has 3 rings (SSSR count). The second-order valence-electron chi connectivity index (χ2n) is 7.01. The van der Waals surface area contributed by atoms with Crippen LogP contribution in [-0.4, -0.2) is 18.5 Å². The highest BCUT2D eigenvalue weighted by molar-refractivity contribution is 6.06. The summed E-state index contributed by atoms with van der Waals surface area (Å²) in [5, 5.41) is 9.03. The van der Waals surface area contributed by atoms with Crippen molar-refractivity contribution in [1.82, 2.24) is 0 Å². The van der Waals surface area contributed by atoms with Gasteiger partial charge in [-0.3, -0.25) is 5.41 Å². The predicted molar refractivity (Wildman–Crippen MR) is 113 cm³/mol. The van der Waals surface area contributed by atoms with Gasteiger partial charge in [0, 0.05) is 23.8 Å². The number of guanidine groups is 1. The largest absolute Gasteiger partial charge is 0.313 e. The van der Waals surface area contributed by atoms with E-state index in [1.54, 1.807) is 0 Å². The number of nitrogens with one attached hydrogen (secondary N) is 1. The monoisotopic (exact) mass is 347 g/mol. The molecule has 0 fully saturated rings. The van der Waals surface area contributed by atoms with E-state index in [1.807, 2.05) is 0 Å². The minimum absolute atomic E-state index is 0.200. The van der Waals surface area contributed by atoms with Crippen molar-refractivity contribution in [3.8, 4) is 0 Å². The molecule has 0 unspecified atom stereocenters. The standard InChI is InChI=1S/C23H29N3/c1-5-18-10-7-13-20(16-18)25(6-2)23(24)26(17(3)4)22-15-9-12-19-11-8-14-21(19)22/h7-10,12-17,24H,5-6,11H2,1-4H3. The molecule has 0 aliphatic heterocycles. The molecule has 1 N–H and O–H groups in total. The summed E-state index contributed by atoms with van der Waals surface area (Å²) in [5.74, 6) is 0.532. The Balaban J connectivity index is 2.01. The van der Waals surface area contributed by atoms with Gasteiger partial charge in [0.1, 0.15) is 0 Å². The molecule has 0 amide bonds. The highest BCUT2D eigenvalue weighted by Crippen LogP contribution is 2.32. The van der Waals surface area contributed by atoms with Crippen LogP contribution in [-0.2, 0) is 12.8 Å². The fraction of sp³-hybridized carbons (Fsp3) is 0.348. The van der Waals surface area contributed by atoms with Crippen LogP contribution < -0.4 is 9.80 Å². The van der Waals surface area contributed by atoms with Gasteiger partial charge in [0.25, 0.3) is 0 Å². The number of fused-ring (bicyclic) bond motifs is 1. The summed E-state index contributed by atoms with van der Waals surface area (Å²) < 4.78 is 0. The Kier molecular flexibility index (Phi) is 5.46. The summed E-state index contributed by atoms with van der Waals surface area (Å²) >= 11 is 0. The number of rotatable bonds is 5. The smallest absolute Gasteiger partial charge is 0.203 e. The van der Waals surface area contributed by atoms with E-state index in [4.69, 9.17) is 5.41 Å². The number of nitrogens with zero attached hydrogens (tertiary/aromatic N) is 2. The summed E-state index contributed by atoms with van der Waals surface area (Å²) in [6, 6.07) is 15.2. The quantitative estimate of drug-likeness (QED) is 0.572. The number of aryl methyl sites for hydroxylation is 1. The minimum atomic E-state index is 0.200. The van der Waals surface area contributed by atoms with E-state index in [0.717, 1.165) is 30.8 Å². The normalized spacial score (nSPS) is 12.3. The lowest BCUT2D eigenvalue weighted by molar-refractivity contribution is 0.786. The molecule has 0 heterocycles. The maximum absolute atomic E-state index is 9.03. The van der Waals surface area contributed by atoms with Gasteiger partial charge in [-0.05, 0) is 62.9 Å². The lowest BCUT2D eigenvalue weighted by atomic mass is 10.1. The molecule has 26 heavy (non-hydrogen) atoms. The zero-order valence-electron chi connectivity index (χ0n) is 16.3. The van der Waals surface area contributed by atoms with Crippen LogP contribution in [0.1, 0.15) is 44.4 Å². The van der Waals surface area contributed by atoms with Gasteiger partial charge in [-0.15, -0.1) is 0 Å². The second kappa shape index (κ2) is 7.77. The van der Waals surface area contributed by atoms with Gasteiger partial charge in [-0.2, -0.15) is 0 Å². The van der Waals surface area contributed by atoms with Gasteiger partial charge in [0.05, 0.1) is 5.69 Å². The summed E-state index contributed by atoms with van der Waals surface area (Å²) in [4.78, 5) is 4.24. The fourth-order valence-corrected chi connectivity index (χ4v) is 3.65. The Bertz CT molecular complexity index is 820. The van der Waals surface area contributed by atoms with E-state index in [-0.39, 0.29) is 6.04 Å². The summed E-state index contributed by atoms with van der Waals surface area (Å²) in [5.41, 5.74) is 6.11. The van der Waals surface area contributed by atoms with Gasteiger partial charge < -0.3 is 9.80 Å². The van der Waals surface area contributed by atoms with Crippen LogP contribution >= 0.6 is 0 Å². The molecular weight excluding hydrogens is 318 g/mol. The number of anilines is 2. The highest BCUT2D eigenvalue weighted by Gasteiger charge is 2.25. The van der Waals surface area contributed by atoms with Crippen molar-refractivity contribution in [3.05, 3.63) is 65.2 Å². The molecule has 0 radical (unpaired) electrons. The lowest BCUT2D eigenvalue weighted by Crippen LogP contribution is -2.48. The van der Waals surface area contributed by atoms with Crippen LogP contribution in [0.5, 0.6) is 0 Å². The first kappa shape index (κ1) is 18.2.